The molecule has 1 N–H and O–H groups in total. The average Bonchev–Trinajstić information content (AvgIpc) is 3.07. The Balaban J connectivity index is 0.00000338. The van der Waals surface area contributed by atoms with E-state index in [1.54, 1.807) is 10.9 Å². The molecule has 0 amide bonds. The van der Waals surface area contributed by atoms with Crippen molar-refractivity contribution < 1.29 is 13.2 Å². The van der Waals surface area contributed by atoms with Crippen molar-refractivity contribution in [2.24, 2.45) is 4.99 Å². The highest BCUT2D eigenvalue weighted by Gasteiger charge is 2.29. The smallest absolute Gasteiger partial charge is 0.357 e. The van der Waals surface area contributed by atoms with E-state index in [1.807, 2.05) is 31.1 Å². The van der Waals surface area contributed by atoms with Crippen molar-refractivity contribution in [3.8, 4) is 0 Å². The molecular formula is C17H23F3IN5. The van der Waals surface area contributed by atoms with Crippen LogP contribution in [0.25, 0.3) is 0 Å². The molecule has 0 bridgehead atoms. The second kappa shape index (κ2) is 10.4. The van der Waals surface area contributed by atoms with Crippen molar-refractivity contribution in [2.75, 3.05) is 20.1 Å². The lowest BCUT2D eigenvalue weighted by atomic mass is 10.1. The third-order valence-electron chi connectivity index (χ3n) is 3.55. The molecule has 0 spiro atoms. The standard InChI is InChI=1S/C17H22F3N5.HI/c1-3-21-16(22-10-12-25-11-4-9-23-25)24(2)13-14-5-7-15(8-6-14)17(18,19)20;/h4-9,11H,3,10,12-13H2,1-2H3,(H,21,22);1H. The van der Waals surface area contributed by atoms with Gasteiger partial charge in [0.1, 0.15) is 0 Å². The number of alkyl halides is 3. The van der Waals surface area contributed by atoms with Crippen molar-refractivity contribution in [3.05, 3.63) is 53.9 Å². The minimum atomic E-state index is -4.31. The van der Waals surface area contributed by atoms with E-state index in [4.69, 9.17) is 0 Å². The summed E-state index contributed by atoms with van der Waals surface area (Å²) in [5.41, 5.74) is 0.145. The van der Waals surface area contributed by atoms with Crippen LogP contribution in [0.3, 0.4) is 0 Å². The van der Waals surface area contributed by atoms with E-state index in [1.165, 1.54) is 12.1 Å². The van der Waals surface area contributed by atoms with Crippen LogP contribution in [0, 0.1) is 0 Å². The summed E-state index contributed by atoms with van der Waals surface area (Å²) in [7, 11) is 1.85. The maximum absolute atomic E-state index is 12.6. The first-order valence-electron chi connectivity index (χ1n) is 8.03. The molecule has 144 valence electrons. The van der Waals surface area contributed by atoms with Gasteiger partial charge in [-0.2, -0.15) is 18.3 Å². The number of rotatable bonds is 6. The van der Waals surface area contributed by atoms with Crippen LogP contribution in [0.2, 0.25) is 0 Å². The highest BCUT2D eigenvalue weighted by molar-refractivity contribution is 14.0. The van der Waals surface area contributed by atoms with Gasteiger partial charge in [-0.15, -0.1) is 24.0 Å². The van der Waals surface area contributed by atoms with Crippen molar-refractivity contribution in [1.29, 1.82) is 0 Å². The Bertz CT molecular complexity index is 669. The Morgan fingerprint density at radius 1 is 1.27 bits per heavy atom. The molecule has 0 saturated carbocycles. The number of benzene rings is 1. The molecule has 0 saturated heterocycles. The van der Waals surface area contributed by atoms with Crippen LogP contribution < -0.4 is 5.32 Å². The van der Waals surface area contributed by atoms with Gasteiger partial charge in [0, 0.05) is 32.5 Å². The van der Waals surface area contributed by atoms with Gasteiger partial charge < -0.3 is 10.2 Å². The fourth-order valence-electron chi connectivity index (χ4n) is 2.31. The molecule has 0 radical (unpaired) electrons. The summed E-state index contributed by atoms with van der Waals surface area (Å²) in [5, 5.41) is 7.31. The molecule has 0 atom stereocenters. The predicted molar refractivity (Wildman–Crippen MR) is 107 cm³/mol. The van der Waals surface area contributed by atoms with E-state index in [0.29, 0.717) is 32.1 Å². The van der Waals surface area contributed by atoms with E-state index >= 15 is 0 Å². The van der Waals surface area contributed by atoms with E-state index in [0.717, 1.165) is 17.7 Å². The molecule has 5 nitrogen and oxygen atoms in total. The molecule has 0 aliphatic heterocycles. The molecule has 2 aromatic rings. The fourth-order valence-corrected chi connectivity index (χ4v) is 2.31. The molecule has 26 heavy (non-hydrogen) atoms. The topological polar surface area (TPSA) is 45.5 Å². The SMILES string of the molecule is CCNC(=NCCn1cccn1)N(C)Cc1ccc(C(F)(F)F)cc1.I. The highest BCUT2D eigenvalue weighted by Crippen LogP contribution is 2.29. The summed E-state index contributed by atoms with van der Waals surface area (Å²) in [6, 6.07) is 7.04. The highest BCUT2D eigenvalue weighted by atomic mass is 127. The number of hydrogen-bond acceptors (Lipinski definition) is 2. The second-order valence-corrected chi connectivity index (χ2v) is 5.56. The van der Waals surface area contributed by atoms with Crippen LogP contribution in [0.4, 0.5) is 13.2 Å². The average molecular weight is 481 g/mol. The van der Waals surface area contributed by atoms with Gasteiger partial charge in [-0.3, -0.25) is 9.67 Å². The van der Waals surface area contributed by atoms with Gasteiger partial charge in [0.05, 0.1) is 18.7 Å². The molecule has 0 fully saturated rings. The lowest BCUT2D eigenvalue weighted by molar-refractivity contribution is -0.137. The molecule has 9 heteroatoms. The Morgan fingerprint density at radius 2 is 1.96 bits per heavy atom. The molecule has 1 aromatic carbocycles. The number of aliphatic imine (C=N–C) groups is 1. The van der Waals surface area contributed by atoms with Gasteiger partial charge in [-0.25, -0.2) is 0 Å². The van der Waals surface area contributed by atoms with Gasteiger partial charge >= 0.3 is 6.18 Å². The molecule has 1 aromatic heterocycles. The Morgan fingerprint density at radius 3 is 2.50 bits per heavy atom. The number of aromatic nitrogens is 2. The quantitative estimate of drug-likeness (QED) is 0.390. The van der Waals surface area contributed by atoms with E-state index < -0.39 is 11.7 Å². The third kappa shape index (κ3) is 6.85. The summed E-state index contributed by atoms with van der Waals surface area (Å²) in [6.07, 6.45) is -0.729. The first-order chi connectivity index (χ1) is 11.9. The zero-order chi connectivity index (χ0) is 18.3. The first kappa shape index (κ1) is 22.3. The summed E-state index contributed by atoms with van der Waals surface area (Å²) in [5.74, 6) is 0.703. The molecule has 0 aliphatic carbocycles. The van der Waals surface area contributed by atoms with E-state index in [-0.39, 0.29) is 24.0 Å². The Hall–Kier alpha value is -1.78. The summed E-state index contributed by atoms with van der Waals surface area (Å²) >= 11 is 0. The Labute approximate surface area is 168 Å². The number of guanidine groups is 1. The zero-order valence-electron chi connectivity index (χ0n) is 14.7. The monoisotopic (exact) mass is 481 g/mol. The largest absolute Gasteiger partial charge is 0.416 e. The van der Waals surface area contributed by atoms with Crippen LogP contribution >= 0.6 is 24.0 Å². The van der Waals surface area contributed by atoms with Crippen LogP contribution in [-0.2, 0) is 19.3 Å². The molecule has 0 aliphatic rings. The molecular weight excluding hydrogens is 458 g/mol. The van der Waals surface area contributed by atoms with Crippen molar-refractivity contribution >= 4 is 29.9 Å². The minimum absolute atomic E-state index is 0. The van der Waals surface area contributed by atoms with Crippen LogP contribution in [0.1, 0.15) is 18.1 Å². The van der Waals surface area contributed by atoms with Gasteiger partial charge in [-0.05, 0) is 30.7 Å². The fraction of sp³-hybridized carbons (Fsp3) is 0.412. The minimum Gasteiger partial charge on any atom is -0.357 e. The zero-order valence-corrected chi connectivity index (χ0v) is 17.0. The lowest BCUT2D eigenvalue weighted by Gasteiger charge is -2.22. The number of nitrogens with zero attached hydrogens (tertiary/aromatic N) is 4. The summed E-state index contributed by atoms with van der Waals surface area (Å²) in [4.78, 5) is 6.42. The second-order valence-electron chi connectivity index (χ2n) is 5.56. The van der Waals surface area contributed by atoms with Crippen LogP contribution in [0.15, 0.2) is 47.7 Å². The normalized spacial score (nSPS) is 11.8. The first-order valence-corrected chi connectivity index (χ1v) is 8.03. The van der Waals surface area contributed by atoms with E-state index in [2.05, 4.69) is 15.4 Å². The van der Waals surface area contributed by atoms with Crippen molar-refractivity contribution in [3.63, 3.8) is 0 Å². The summed E-state index contributed by atoms with van der Waals surface area (Å²) < 4.78 is 39.7. The van der Waals surface area contributed by atoms with E-state index in [9.17, 15) is 13.2 Å². The molecule has 0 unspecified atom stereocenters. The van der Waals surface area contributed by atoms with Gasteiger partial charge in [0.2, 0.25) is 0 Å². The van der Waals surface area contributed by atoms with Gasteiger partial charge in [0.15, 0.2) is 5.96 Å². The van der Waals surface area contributed by atoms with Crippen molar-refractivity contribution in [2.45, 2.75) is 26.2 Å². The van der Waals surface area contributed by atoms with Crippen LogP contribution in [-0.4, -0.2) is 40.8 Å². The third-order valence-corrected chi connectivity index (χ3v) is 3.55. The van der Waals surface area contributed by atoms with Gasteiger partial charge in [-0.1, -0.05) is 12.1 Å². The maximum Gasteiger partial charge on any atom is 0.416 e. The predicted octanol–water partition coefficient (Wildman–Crippen LogP) is 3.62. The summed E-state index contributed by atoms with van der Waals surface area (Å²) in [6.45, 7) is 4.36. The molecule has 1 heterocycles. The Kier molecular flexibility index (Phi) is 8.89. The number of halogens is 4. The molecule has 2 rings (SSSR count). The van der Waals surface area contributed by atoms with Crippen molar-refractivity contribution in [1.82, 2.24) is 20.0 Å². The number of nitrogens with one attached hydrogen (secondary N) is 1. The maximum atomic E-state index is 12.6. The number of hydrogen-bond donors (Lipinski definition) is 1. The van der Waals surface area contributed by atoms with Gasteiger partial charge in [0.25, 0.3) is 0 Å². The van der Waals surface area contributed by atoms with Crippen LogP contribution in [0.5, 0.6) is 0 Å². The lowest BCUT2D eigenvalue weighted by Crippen LogP contribution is -2.38.